The highest BCUT2D eigenvalue weighted by atomic mass is 16.4. The van der Waals surface area contributed by atoms with E-state index in [9.17, 15) is 4.79 Å². The highest BCUT2D eigenvalue weighted by molar-refractivity contribution is 6.02. The van der Waals surface area contributed by atoms with E-state index in [4.69, 9.17) is 10.9 Å². The summed E-state index contributed by atoms with van der Waals surface area (Å²) in [5.74, 6) is -0.539. The van der Waals surface area contributed by atoms with Crippen molar-refractivity contribution >= 4 is 11.7 Å². The summed E-state index contributed by atoms with van der Waals surface area (Å²) >= 11 is 0. The van der Waals surface area contributed by atoms with Crippen molar-refractivity contribution in [3.8, 4) is 0 Å². The van der Waals surface area contributed by atoms with E-state index in [-0.39, 0.29) is 17.3 Å². The average Bonchev–Trinajstić information content (AvgIpc) is 2.38. The molecule has 0 spiro atoms. The van der Waals surface area contributed by atoms with Crippen LogP contribution in [0.15, 0.2) is 5.16 Å². The Labute approximate surface area is 115 Å². The molecule has 1 amide bonds. The molecule has 0 radical (unpaired) electrons. The Morgan fingerprint density at radius 1 is 1.32 bits per heavy atom. The van der Waals surface area contributed by atoms with Gasteiger partial charge in [0.25, 0.3) is 0 Å². The fourth-order valence-electron chi connectivity index (χ4n) is 2.40. The van der Waals surface area contributed by atoms with Crippen molar-refractivity contribution < 1.29 is 10.0 Å². The minimum atomic E-state index is -0.508. The van der Waals surface area contributed by atoms with Crippen LogP contribution >= 0.6 is 0 Å². The number of nitrogens with zero attached hydrogens (tertiary/aromatic N) is 3. The predicted molar refractivity (Wildman–Crippen MR) is 75.1 cm³/mol. The van der Waals surface area contributed by atoms with Crippen LogP contribution in [0.5, 0.6) is 0 Å². The van der Waals surface area contributed by atoms with E-state index in [0.717, 1.165) is 13.1 Å². The van der Waals surface area contributed by atoms with Crippen molar-refractivity contribution in [1.82, 2.24) is 9.80 Å². The molecule has 6 nitrogen and oxygen atoms in total. The number of rotatable bonds is 3. The van der Waals surface area contributed by atoms with Gasteiger partial charge in [0.05, 0.1) is 5.92 Å². The van der Waals surface area contributed by atoms with Crippen molar-refractivity contribution in [3.63, 3.8) is 0 Å². The summed E-state index contributed by atoms with van der Waals surface area (Å²) in [4.78, 5) is 16.5. The number of carbonyl (C=O) groups excluding carboxylic acids is 1. The zero-order chi connectivity index (χ0) is 14.6. The molecule has 1 saturated heterocycles. The van der Waals surface area contributed by atoms with E-state index in [1.165, 1.54) is 0 Å². The van der Waals surface area contributed by atoms with E-state index >= 15 is 0 Å². The second kappa shape index (κ2) is 6.23. The second-order valence-electron chi connectivity index (χ2n) is 5.97. The first kappa shape index (κ1) is 15.8. The van der Waals surface area contributed by atoms with Gasteiger partial charge in [-0.1, -0.05) is 12.1 Å². The van der Waals surface area contributed by atoms with Gasteiger partial charge in [-0.15, -0.1) is 0 Å². The van der Waals surface area contributed by atoms with Gasteiger partial charge < -0.3 is 15.8 Å². The molecule has 1 aliphatic rings. The van der Waals surface area contributed by atoms with Gasteiger partial charge in [-0.2, -0.15) is 0 Å². The molecular formula is C13H26N4O2. The molecule has 0 aliphatic carbocycles. The van der Waals surface area contributed by atoms with Crippen LogP contribution in [-0.2, 0) is 4.79 Å². The number of amidine groups is 1. The molecule has 1 unspecified atom stereocenters. The molecule has 1 rings (SSSR count). The molecule has 19 heavy (non-hydrogen) atoms. The van der Waals surface area contributed by atoms with Crippen molar-refractivity contribution in [1.29, 1.82) is 0 Å². The number of carbonyl (C=O) groups is 1. The maximum atomic E-state index is 12.3. The van der Waals surface area contributed by atoms with Crippen LogP contribution in [0.25, 0.3) is 0 Å². The molecule has 0 bridgehead atoms. The molecule has 0 saturated carbocycles. The maximum Gasteiger partial charge on any atom is 0.233 e. The minimum absolute atomic E-state index is 0.00532. The minimum Gasteiger partial charge on any atom is -0.409 e. The lowest BCUT2D eigenvalue weighted by Crippen LogP contribution is -2.56. The largest absolute Gasteiger partial charge is 0.409 e. The van der Waals surface area contributed by atoms with Crippen LogP contribution in [0.3, 0.4) is 0 Å². The highest BCUT2D eigenvalue weighted by Gasteiger charge is 2.31. The van der Waals surface area contributed by atoms with Crippen LogP contribution in [-0.4, -0.2) is 58.5 Å². The first-order valence-corrected chi connectivity index (χ1v) is 6.82. The Kier molecular flexibility index (Phi) is 5.17. The van der Waals surface area contributed by atoms with E-state index in [1.807, 2.05) is 11.8 Å². The van der Waals surface area contributed by atoms with Crippen LogP contribution in [0.1, 0.15) is 34.1 Å². The first-order chi connectivity index (χ1) is 8.81. The summed E-state index contributed by atoms with van der Waals surface area (Å²) in [6.07, 6.45) is 0.550. The number of hydrogen-bond donors (Lipinski definition) is 2. The van der Waals surface area contributed by atoms with Gasteiger partial charge in [0.15, 0.2) is 5.84 Å². The molecule has 1 heterocycles. The van der Waals surface area contributed by atoms with Crippen LogP contribution in [0.4, 0.5) is 0 Å². The fraction of sp³-hybridized carbons (Fsp3) is 0.846. The summed E-state index contributed by atoms with van der Waals surface area (Å²) in [5, 5.41) is 11.7. The van der Waals surface area contributed by atoms with E-state index in [1.54, 1.807) is 0 Å². The Hall–Kier alpha value is -1.30. The second-order valence-corrected chi connectivity index (χ2v) is 5.97. The Bertz CT molecular complexity index is 341. The van der Waals surface area contributed by atoms with E-state index in [2.05, 4.69) is 30.8 Å². The Balaban J connectivity index is 2.62. The fourth-order valence-corrected chi connectivity index (χ4v) is 2.40. The SMILES string of the molecule is CCC(C(=O)N1CCN(C(C)(C)C)CC1)C(N)=NO. The lowest BCUT2D eigenvalue weighted by molar-refractivity contribution is -0.136. The standard InChI is InChI=1S/C13H26N4O2/c1-5-10(11(14)15-19)12(18)16-6-8-17(9-7-16)13(2,3)4/h10,19H,5-9H2,1-4H3,(H2,14,15). The van der Waals surface area contributed by atoms with Crippen LogP contribution in [0.2, 0.25) is 0 Å². The Morgan fingerprint density at radius 3 is 2.21 bits per heavy atom. The van der Waals surface area contributed by atoms with Gasteiger partial charge in [-0.25, -0.2) is 0 Å². The Morgan fingerprint density at radius 2 is 1.84 bits per heavy atom. The summed E-state index contributed by atoms with van der Waals surface area (Å²) in [6, 6.07) is 0. The van der Waals surface area contributed by atoms with E-state index in [0.29, 0.717) is 19.5 Å². The lowest BCUT2D eigenvalue weighted by atomic mass is 10.0. The number of piperazine rings is 1. The van der Waals surface area contributed by atoms with Crippen molar-refractivity contribution in [2.75, 3.05) is 26.2 Å². The molecule has 0 aromatic carbocycles. The van der Waals surface area contributed by atoms with Crippen molar-refractivity contribution in [2.45, 2.75) is 39.7 Å². The van der Waals surface area contributed by atoms with Gasteiger partial charge in [-0.05, 0) is 27.2 Å². The molecule has 1 atom stereocenters. The maximum absolute atomic E-state index is 12.3. The topological polar surface area (TPSA) is 82.2 Å². The number of hydrogen-bond acceptors (Lipinski definition) is 4. The number of amides is 1. The van der Waals surface area contributed by atoms with Gasteiger partial charge in [0, 0.05) is 31.7 Å². The molecule has 1 aliphatic heterocycles. The quantitative estimate of drug-likeness (QED) is 0.342. The first-order valence-electron chi connectivity index (χ1n) is 6.82. The van der Waals surface area contributed by atoms with Crippen LogP contribution < -0.4 is 5.73 Å². The van der Waals surface area contributed by atoms with Crippen molar-refractivity contribution in [3.05, 3.63) is 0 Å². The molecule has 1 fully saturated rings. The zero-order valence-corrected chi connectivity index (χ0v) is 12.4. The predicted octanol–water partition coefficient (Wildman–Crippen LogP) is 0.702. The van der Waals surface area contributed by atoms with Gasteiger partial charge in [0.2, 0.25) is 5.91 Å². The van der Waals surface area contributed by atoms with Gasteiger partial charge >= 0.3 is 0 Å². The third-order valence-electron chi connectivity index (χ3n) is 3.72. The van der Waals surface area contributed by atoms with E-state index < -0.39 is 5.92 Å². The monoisotopic (exact) mass is 270 g/mol. The summed E-state index contributed by atoms with van der Waals surface area (Å²) < 4.78 is 0. The average molecular weight is 270 g/mol. The van der Waals surface area contributed by atoms with Crippen molar-refractivity contribution in [2.24, 2.45) is 16.8 Å². The third kappa shape index (κ3) is 3.83. The summed E-state index contributed by atoms with van der Waals surface area (Å²) in [6.45, 7) is 11.5. The normalized spacial score (nSPS) is 20.4. The number of oxime groups is 1. The van der Waals surface area contributed by atoms with Gasteiger partial charge in [0.1, 0.15) is 0 Å². The smallest absolute Gasteiger partial charge is 0.233 e. The summed E-state index contributed by atoms with van der Waals surface area (Å²) in [7, 11) is 0. The molecule has 0 aromatic rings. The molecule has 0 aromatic heterocycles. The summed E-state index contributed by atoms with van der Waals surface area (Å²) in [5.41, 5.74) is 5.70. The molecule has 6 heteroatoms. The lowest BCUT2D eigenvalue weighted by Gasteiger charge is -2.42. The molecule has 110 valence electrons. The van der Waals surface area contributed by atoms with Gasteiger partial charge in [-0.3, -0.25) is 9.69 Å². The molecular weight excluding hydrogens is 244 g/mol. The highest BCUT2D eigenvalue weighted by Crippen LogP contribution is 2.17. The number of nitrogens with two attached hydrogens (primary N) is 1. The molecule has 3 N–H and O–H groups in total. The third-order valence-corrected chi connectivity index (χ3v) is 3.72. The zero-order valence-electron chi connectivity index (χ0n) is 12.4. The van der Waals surface area contributed by atoms with Crippen LogP contribution in [0, 0.1) is 5.92 Å².